The third-order valence-electron chi connectivity index (χ3n) is 5.05. The van der Waals surface area contributed by atoms with Crippen molar-refractivity contribution in [3.05, 3.63) is 0 Å². The first-order valence-electron chi connectivity index (χ1n) is 8.71. The van der Waals surface area contributed by atoms with E-state index in [9.17, 15) is 13.2 Å². The standard InChI is InChI=1S/C15H27N3O4S/c19-15-11-13(12-18(15)14-5-3-1-2-4-6-14)16-23(20,21)17-7-9-22-10-8-17/h13-14,16H,1-12H2. The lowest BCUT2D eigenvalue weighted by Gasteiger charge is -2.29. The third-order valence-corrected chi connectivity index (χ3v) is 6.73. The molecule has 132 valence electrons. The number of hydrogen-bond donors (Lipinski definition) is 1. The molecule has 1 saturated carbocycles. The van der Waals surface area contributed by atoms with Crippen LogP contribution in [-0.4, -0.2) is 68.5 Å². The summed E-state index contributed by atoms with van der Waals surface area (Å²) in [5.74, 6) is 0.0894. The molecule has 0 aromatic rings. The van der Waals surface area contributed by atoms with Gasteiger partial charge in [0.2, 0.25) is 5.91 Å². The number of hydrogen-bond acceptors (Lipinski definition) is 4. The highest BCUT2D eigenvalue weighted by molar-refractivity contribution is 7.87. The summed E-state index contributed by atoms with van der Waals surface area (Å²) >= 11 is 0. The fourth-order valence-corrected chi connectivity index (χ4v) is 5.16. The molecule has 3 rings (SSSR count). The Kier molecular flexibility index (Phi) is 5.56. The van der Waals surface area contributed by atoms with E-state index in [2.05, 4.69) is 4.72 Å². The predicted octanol–water partition coefficient (Wildman–Crippen LogP) is 0.477. The number of morpholine rings is 1. The Balaban J connectivity index is 1.58. The van der Waals surface area contributed by atoms with Crippen LogP contribution in [0.25, 0.3) is 0 Å². The predicted molar refractivity (Wildman–Crippen MR) is 86.1 cm³/mol. The lowest BCUT2D eigenvalue weighted by molar-refractivity contribution is -0.129. The number of nitrogens with zero attached hydrogens (tertiary/aromatic N) is 2. The minimum absolute atomic E-state index is 0.0894. The van der Waals surface area contributed by atoms with Crippen molar-refractivity contribution in [2.45, 2.75) is 57.0 Å². The van der Waals surface area contributed by atoms with Crippen LogP contribution in [0.15, 0.2) is 0 Å². The zero-order chi connectivity index (χ0) is 16.3. The van der Waals surface area contributed by atoms with Gasteiger partial charge in [-0.2, -0.15) is 17.4 Å². The van der Waals surface area contributed by atoms with Gasteiger partial charge in [-0.05, 0) is 12.8 Å². The lowest BCUT2D eigenvalue weighted by atomic mass is 10.1. The first-order valence-corrected chi connectivity index (χ1v) is 10.1. The van der Waals surface area contributed by atoms with Gasteiger partial charge in [0.25, 0.3) is 10.2 Å². The quantitative estimate of drug-likeness (QED) is 0.752. The fourth-order valence-electron chi connectivity index (χ4n) is 3.81. The molecule has 0 aromatic heterocycles. The number of nitrogens with one attached hydrogen (secondary N) is 1. The molecule has 2 aliphatic heterocycles. The molecule has 0 radical (unpaired) electrons. The zero-order valence-corrected chi connectivity index (χ0v) is 14.4. The maximum absolute atomic E-state index is 12.4. The molecule has 2 heterocycles. The van der Waals surface area contributed by atoms with Gasteiger partial charge in [0.05, 0.1) is 13.2 Å². The molecule has 0 spiro atoms. The molecule has 1 unspecified atom stereocenters. The van der Waals surface area contributed by atoms with Crippen LogP contribution in [-0.2, 0) is 19.7 Å². The molecule has 23 heavy (non-hydrogen) atoms. The maximum atomic E-state index is 12.4. The topological polar surface area (TPSA) is 79.0 Å². The number of rotatable bonds is 4. The van der Waals surface area contributed by atoms with Crippen LogP contribution in [0.5, 0.6) is 0 Å². The molecule has 1 amide bonds. The van der Waals surface area contributed by atoms with Crippen molar-refractivity contribution >= 4 is 16.1 Å². The first kappa shape index (κ1) is 17.1. The molecule has 8 heteroatoms. The van der Waals surface area contributed by atoms with Crippen molar-refractivity contribution in [2.24, 2.45) is 0 Å². The Bertz CT molecular complexity index is 511. The Morgan fingerprint density at radius 1 is 1.04 bits per heavy atom. The molecular formula is C15H27N3O4S. The van der Waals surface area contributed by atoms with Crippen molar-refractivity contribution in [1.29, 1.82) is 0 Å². The molecule has 0 bridgehead atoms. The van der Waals surface area contributed by atoms with E-state index in [1.807, 2.05) is 4.90 Å². The molecule has 1 N–H and O–H groups in total. The van der Waals surface area contributed by atoms with E-state index < -0.39 is 10.2 Å². The number of carbonyl (C=O) groups is 1. The normalized spacial score (nSPS) is 29.0. The van der Waals surface area contributed by atoms with Gasteiger partial charge in [-0.15, -0.1) is 0 Å². The molecule has 3 aliphatic rings. The minimum atomic E-state index is -3.53. The van der Waals surface area contributed by atoms with E-state index in [-0.39, 0.29) is 18.4 Å². The molecule has 1 atom stereocenters. The lowest BCUT2D eigenvalue weighted by Crippen LogP contribution is -2.50. The second-order valence-electron chi connectivity index (χ2n) is 6.73. The Morgan fingerprint density at radius 2 is 1.70 bits per heavy atom. The van der Waals surface area contributed by atoms with Crippen LogP contribution in [0.3, 0.4) is 0 Å². The van der Waals surface area contributed by atoms with Gasteiger partial charge in [-0.25, -0.2) is 0 Å². The van der Waals surface area contributed by atoms with Gasteiger partial charge in [0.1, 0.15) is 0 Å². The summed E-state index contributed by atoms with van der Waals surface area (Å²) in [6.07, 6.45) is 7.19. The Morgan fingerprint density at radius 3 is 2.35 bits per heavy atom. The summed E-state index contributed by atoms with van der Waals surface area (Å²) in [4.78, 5) is 14.2. The Hall–Kier alpha value is -0.700. The van der Waals surface area contributed by atoms with Crippen LogP contribution in [0, 0.1) is 0 Å². The Labute approximate surface area is 138 Å². The molecule has 2 saturated heterocycles. The first-order chi connectivity index (χ1) is 11.1. The summed E-state index contributed by atoms with van der Waals surface area (Å²) in [6, 6.07) is -0.0125. The van der Waals surface area contributed by atoms with E-state index in [0.717, 1.165) is 12.8 Å². The van der Waals surface area contributed by atoms with Crippen molar-refractivity contribution in [1.82, 2.24) is 13.9 Å². The van der Waals surface area contributed by atoms with Crippen LogP contribution in [0.1, 0.15) is 44.9 Å². The number of ether oxygens (including phenoxy) is 1. The third kappa shape index (κ3) is 4.23. The van der Waals surface area contributed by atoms with Gasteiger partial charge in [0, 0.05) is 38.1 Å². The monoisotopic (exact) mass is 345 g/mol. The number of likely N-dealkylation sites (tertiary alicyclic amines) is 1. The van der Waals surface area contributed by atoms with E-state index in [1.54, 1.807) is 0 Å². The van der Waals surface area contributed by atoms with Gasteiger partial charge in [-0.3, -0.25) is 4.79 Å². The highest BCUT2D eigenvalue weighted by Gasteiger charge is 2.37. The second kappa shape index (κ2) is 7.46. The number of carbonyl (C=O) groups excluding carboxylic acids is 1. The van der Waals surface area contributed by atoms with Gasteiger partial charge < -0.3 is 9.64 Å². The SMILES string of the molecule is O=C1CC(NS(=O)(=O)N2CCOCC2)CN1C1CCCCCC1. The summed E-state index contributed by atoms with van der Waals surface area (Å²) in [6.45, 7) is 2.12. The average molecular weight is 345 g/mol. The van der Waals surface area contributed by atoms with Gasteiger partial charge in [0.15, 0.2) is 0 Å². The average Bonchev–Trinajstić information content (AvgIpc) is 2.75. The highest BCUT2D eigenvalue weighted by atomic mass is 32.2. The fraction of sp³-hybridized carbons (Fsp3) is 0.933. The smallest absolute Gasteiger partial charge is 0.279 e. The van der Waals surface area contributed by atoms with E-state index >= 15 is 0 Å². The largest absolute Gasteiger partial charge is 0.379 e. The zero-order valence-electron chi connectivity index (χ0n) is 13.6. The van der Waals surface area contributed by atoms with Crippen LogP contribution in [0.4, 0.5) is 0 Å². The molecule has 1 aliphatic carbocycles. The van der Waals surface area contributed by atoms with E-state index in [1.165, 1.54) is 30.0 Å². The van der Waals surface area contributed by atoms with Crippen molar-refractivity contribution in [3.63, 3.8) is 0 Å². The molecular weight excluding hydrogens is 318 g/mol. The highest BCUT2D eigenvalue weighted by Crippen LogP contribution is 2.26. The van der Waals surface area contributed by atoms with Gasteiger partial charge in [-0.1, -0.05) is 25.7 Å². The molecule has 0 aromatic carbocycles. The van der Waals surface area contributed by atoms with Crippen molar-refractivity contribution in [2.75, 3.05) is 32.8 Å². The minimum Gasteiger partial charge on any atom is -0.379 e. The van der Waals surface area contributed by atoms with Crippen LogP contribution in [0.2, 0.25) is 0 Å². The molecule has 3 fully saturated rings. The molecule has 7 nitrogen and oxygen atoms in total. The van der Waals surface area contributed by atoms with Crippen LogP contribution < -0.4 is 4.72 Å². The summed E-state index contributed by atoms with van der Waals surface area (Å²) in [7, 11) is -3.53. The van der Waals surface area contributed by atoms with Crippen LogP contribution >= 0.6 is 0 Å². The summed E-state index contributed by atoms with van der Waals surface area (Å²) in [5, 5.41) is 0. The van der Waals surface area contributed by atoms with Crippen molar-refractivity contribution in [3.8, 4) is 0 Å². The number of amides is 1. The van der Waals surface area contributed by atoms with E-state index in [4.69, 9.17) is 4.74 Å². The van der Waals surface area contributed by atoms with Crippen molar-refractivity contribution < 1.29 is 17.9 Å². The summed E-state index contributed by atoms with van der Waals surface area (Å²) in [5.41, 5.74) is 0. The van der Waals surface area contributed by atoms with E-state index in [0.29, 0.717) is 38.9 Å². The maximum Gasteiger partial charge on any atom is 0.279 e. The second-order valence-corrected chi connectivity index (χ2v) is 8.43. The summed E-state index contributed by atoms with van der Waals surface area (Å²) < 4.78 is 34.2. The van der Waals surface area contributed by atoms with Gasteiger partial charge >= 0.3 is 0 Å².